The van der Waals surface area contributed by atoms with Gasteiger partial charge in [-0.15, -0.1) is 11.3 Å². The molecule has 31 heavy (non-hydrogen) atoms. The van der Waals surface area contributed by atoms with Crippen molar-refractivity contribution in [3.8, 4) is 10.6 Å². The predicted molar refractivity (Wildman–Crippen MR) is 128 cm³/mol. The van der Waals surface area contributed by atoms with Gasteiger partial charge < -0.3 is 9.64 Å². The average molecular weight is 462 g/mol. The van der Waals surface area contributed by atoms with Crippen LogP contribution in [0.25, 0.3) is 10.6 Å². The maximum Gasteiger partial charge on any atom is 0.411 e. The summed E-state index contributed by atoms with van der Waals surface area (Å²) in [4.78, 5) is 19.2. The van der Waals surface area contributed by atoms with Crippen LogP contribution in [0.2, 0.25) is 5.15 Å². The zero-order chi connectivity index (χ0) is 21.5. The number of amides is 1. The van der Waals surface area contributed by atoms with Gasteiger partial charge in [-0.05, 0) is 75.7 Å². The molecule has 2 fully saturated rings. The molecule has 1 saturated heterocycles. The van der Waals surface area contributed by atoms with Crippen molar-refractivity contribution in [3.63, 3.8) is 0 Å². The van der Waals surface area contributed by atoms with E-state index < -0.39 is 0 Å². The fraction of sp³-hybridized carbons (Fsp3) is 0.583. The van der Waals surface area contributed by atoms with Crippen molar-refractivity contribution >= 4 is 34.7 Å². The zero-order valence-electron chi connectivity index (χ0n) is 18.0. The Balaban J connectivity index is 1.15. The number of nitrogens with zero attached hydrogens (tertiary/aromatic N) is 2. The Hall–Kier alpha value is -1.63. The summed E-state index contributed by atoms with van der Waals surface area (Å²) in [6, 6.07) is 7.60. The van der Waals surface area contributed by atoms with Crippen molar-refractivity contribution in [2.45, 2.75) is 51.4 Å². The quantitative estimate of drug-likeness (QED) is 0.498. The molecule has 0 unspecified atom stereocenters. The number of piperidine rings is 1. The minimum atomic E-state index is -0.387. The summed E-state index contributed by atoms with van der Waals surface area (Å²) in [5.41, 5.74) is 1.63. The van der Waals surface area contributed by atoms with E-state index in [-0.39, 0.29) is 6.09 Å². The minimum absolute atomic E-state index is 0.387. The molecule has 1 aliphatic carbocycles. The highest BCUT2D eigenvalue weighted by atomic mass is 35.5. The van der Waals surface area contributed by atoms with Gasteiger partial charge in [-0.25, -0.2) is 9.78 Å². The van der Waals surface area contributed by atoms with Gasteiger partial charge in [0.1, 0.15) is 10.2 Å². The summed E-state index contributed by atoms with van der Waals surface area (Å²) < 4.78 is 5.53. The van der Waals surface area contributed by atoms with E-state index in [4.69, 9.17) is 16.3 Å². The van der Waals surface area contributed by atoms with Gasteiger partial charge in [-0.3, -0.25) is 5.32 Å². The maximum atomic E-state index is 12.3. The first kappa shape index (κ1) is 22.6. The molecular formula is C24H32ClN3O2S. The topological polar surface area (TPSA) is 54.5 Å². The summed E-state index contributed by atoms with van der Waals surface area (Å²) in [5, 5.41) is 5.96. The second-order valence-corrected chi connectivity index (χ2v) is 10.1. The van der Waals surface area contributed by atoms with Crippen molar-refractivity contribution in [1.82, 2.24) is 9.88 Å². The van der Waals surface area contributed by atoms with Crippen LogP contribution in [0.1, 0.15) is 51.4 Å². The molecule has 0 radical (unpaired) electrons. The molecule has 1 N–H and O–H groups in total. The largest absolute Gasteiger partial charge is 0.449 e. The number of thiazole rings is 1. The Kier molecular flexibility index (Phi) is 8.22. The SMILES string of the molecule is O=C(Nc1cccc(-c2nc(Cl)cs2)c1)OCC1CCC(CCN2CCCCC2)CC1. The van der Waals surface area contributed by atoms with Crippen molar-refractivity contribution in [2.75, 3.05) is 31.6 Å². The summed E-state index contributed by atoms with van der Waals surface area (Å²) in [6.45, 7) is 4.35. The van der Waals surface area contributed by atoms with Gasteiger partial charge in [-0.2, -0.15) is 0 Å². The molecule has 7 heteroatoms. The van der Waals surface area contributed by atoms with Crippen molar-refractivity contribution in [1.29, 1.82) is 0 Å². The van der Waals surface area contributed by atoms with Crippen LogP contribution in [0, 0.1) is 11.8 Å². The van der Waals surface area contributed by atoms with E-state index in [2.05, 4.69) is 15.2 Å². The van der Waals surface area contributed by atoms with Gasteiger partial charge in [0.15, 0.2) is 0 Å². The number of benzene rings is 1. The molecule has 5 nitrogen and oxygen atoms in total. The van der Waals surface area contributed by atoms with Crippen LogP contribution in [0.4, 0.5) is 10.5 Å². The monoisotopic (exact) mass is 461 g/mol. The number of halogens is 1. The lowest BCUT2D eigenvalue weighted by atomic mass is 9.81. The highest BCUT2D eigenvalue weighted by molar-refractivity contribution is 7.13. The van der Waals surface area contributed by atoms with Crippen LogP contribution >= 0.6 is 22.9 Å². The average Bonchev–Trinajstić information content (AvgIpc) is 3.24. The van der Waals surface area contributed by atoms with Crippen LogP contribution < -0.4 is 5.32 Å². The number of carbonyl (C=O) groups is 1. The molecule has 1 aliphatic heterocycles. The third kappa shape index (κ3) is 6.93. The molecule has 1 aromatic heterocycles. The molecule has 2 heterocycles. The molecule has 1 amide bonds. The fourth-order valence-corrected chi connectivity index (χ4v) is 5.64. The van der Waals surface area contributed by atoms with Crippen LogP contribution in [-0.2, 0) is 4.74 Å². The maximum absolute atomic E-state index is 12.3. The molecule has 0 bridgehead atoms. The van der Waals surface area contributed by atoms with Gasteiger partial charge >= 0.3 is 6.09 Å². The number of rotatable bonds is 7. The number of nitrogens with one attached hydrogen (secondary N) is 1. The smallest absolute Gasteiger partial charge is 0.411 e. The number of hydrogen-bond donors (Lipinski definition) is 1. The highest BCUT2D eigenvalue weighted by Gasteiger charge is 2.23. The number of hydrogen-bond acceptors (Lipinski definition) is 5. The van der Waals surface area contributed by atoms with Crippen LogP contribution in [0.15, 0.2) is 29.6 Å². The second-order valence-electron chi connectivity index (χ2n) is 8.86. The molecule has 1 aromatic carbocycles. The van der Waals surface area contributed by atoms with E-state index in [1.807, 2.05) is 24.3 Å². The number of anilines is 1. The van der Waals surface area contributed by atoms with Crippen molar-refractivity contribution in [3.05, 3.63) is 34.8 Å². The summed E-state index contributed by atoms with van der Waals surface area (Å²) in [7, 11) is 0. The van der Waals surface area contributed by atoms with Gasteiger partial charge in [0.25, 0.3) is 0 Å². The van der Waals surface area contributed by atoms with E-state index in [0.29, 0.717) is 23.4 Å². The fourth-order valence-electron chi connectivity index (χ4n) is 4.70. The zero-order valence-corrected chi connectivity index (χ0v) is 19.6. The first-order valence-electron chi connectivity index (χ1n) is 11.5. The van der Waals surface area contributed by atoms with Gasteiger partial charge in [0.05, 0.1) is 6.61 Å². The molecular weight excluding hydrogens is 430 g/mol. The van der Waals surface area contributed by atoms with E-state index in [9.17, 15) is 4.79 Å². The lowest BCUT2D eigenvalue weighted by Crippen LogP contribution is -2.32. The predicted octanol–water partition coefficient (Wildman–Crippen LogP) is 6.69. The standard InChI is InChI=1S/C24H32ClN3O2S/c25-22-17-31-23(27-22)20-5-4-6-21(15-20)26-24(29)30-16-19-9-7-18(8-10-19)11-14-28-12-2-1-3-13-28/h4-6,15,17-19H,1-3,7-14,16H2,(H,26,29). The summed E-state index contributed by atoms with van der Waals surface area (Å²) in [6.07, 6.45) is 9.95. The molecule has 0 spiro atoms. The van der Waals surface area contributed by atoms with Gasteiger partial charge in [0, 0.05) is 16.6 Å². The third-order valence-electron chi connectivity index (χ3n) is 6.55. The molecule has 2 aliphatic rings. The van der Waals surface area contributed by atoms with Crippen LogP contribution in [0.3, 0.4) is 0 Å². The summed E-state index contributed by atoms with van der Waals surface area (Å²) in [5.74, 6) is 1.33. The van der Waals surface area contributed by atoms with E-state index in [1.54, 1.807) is 5.38 Å². The van der Waals surface area contributed by atoms with Crippen LogP contribution in [-0.4, -0.2) is 42.2 Å². The number of carbonyl (C=O) groups excluding carboxylic acids is 1. The first-order valence-corrected chi connectivity index (χ1v) is 12.8. The molecule has 2 aromatic rings. The first-order chi connectivity index (χ1) is 15.2. The minimum Gasteiger partial charge on any atom is -0.449 e. The Bertz CT molecular complexity index is 845. The van der Waals surface area contributed by atoms with E-state index in [1.165, 1.54) is 69.5 Å². The number of aromatic nitrogens is 1. The molecule has 4 rings (SSSR count). The Morgan fingerprint density at radius 2 is 1.94 bits per heavy atom. The van der Waals surface area contributed by atoms with Crippen molar-refractivity contribution in [2.24, 2.45) is 11.8 Å². The highest BCUT2D eigenvalue weighted by Crippen LogP contribution is 2.32. The third-order valence-corrected chi connectivity index (χ3v) is 7.77. The molecule has 0 atom stereocenters. The summed E-state index contributed by atoms with van der Waals surface area (Å²) >= 11 is 7.40. The van der Waals surface area contributed by atoms with Crippen molar-refractivity contribution < 1.29 is 9.53 Å². The Morgan fingerprint density at radius 1 is 1.16 bits per heavy atom. The van der Waals surface area contributed by atoms with E-state index in [0.717, 1.165) is 29.3 Å². The lowest BCUT2D eigenvalue weighted by Gasteiger charge is -2.31. The van der Waals surface area contributed by atoms with Crippen LogP contribution in [0.5, 0.6) is 0 Å². The number of ether oxygens (including phenoxy) is 1. The molecule has 168 valence electrons. The Morgan fingerprint density at radius 3 is 2.68 bits per heavy atom. The second kappa shape index (κ2) is 11.3. The Labute approximate surface area is 194 Å². The van der Waals surface area contributed by atoms with Gasteiger partial charge in [-0.1, -0.05) is 43.0 Å². The van der Waals surface area contributed by atoms with E-state index >= 15 is 0 Å². The lowest BCUT2D eigenvalue weighted by molar-refractivity contribution is 0.116. The number of likely N-dealkylation sites (tertiary alicyclic amines) is 1. The van der Waals surface area contributed by atoms with Gasteiger partial charge in [0.2, 0.25) is 0 Å². The molecule has 1 saturated carbocycles. The normalized spacial score (nSPS) is 22.2.